The summed E-state index contributed by atoms with van der Waals surface area (Å²) in [6, 6.07) is 11.9. The second-order valence-electron chi connectivity index (χ2n) is 7.42. The average molecular weight is 388 g/mol. The number of carbonyl (C=O) groups excluding carboxylic acids is 2. The van der Waals surface area contributed by atoms with E-state index in [1.807, 2.05) is 24.3 Å². The van der Waals surface area contributed by atoms with Crippen LogP contribution >= 0.6 is 0 Å². The molecule has 0 N–H and O–H groups in total. The molecule has 0 amide bonds. The Hall–Kier alpha value is -3.32. The van der Waals surface area contributed by atoms with Gasteiger partial charge in [0.2, 0.25) is 0 Å². The molecule has 148 valence electrons. The standard InChI is InChI=1S/C25H24O4/c1-16(2)24(26)28-13-5-6-18-7-11-22-19(14-18)8-9-20-15-21(10-12-23(20)22)29-25(27)17(3)4/h7,10-12,14-16H,3,8-9,13H2,1-2,4H3. The highest BCUT2D eigenvalue weighted by Crippen LogP contribution is 2.36. The third-order valence-corrected chi connectivity index (χ3v) is 4.69. The zero-order valence-electron chi connectivity index (χ0n) is 17.0. The minimum atomic E-state index is -0.413. The predicted molar refractivity (Wildman–Crippen MR) is 112 cm³/mol. The molecule has 29 heavy (non-hydrogen) atoms. The van der Waals surface area contributed by atoms with Gasteiger partial charge in [-0.1, -0.05) is 44.4 Å². The molecule has 0 spiro atoms. The molecule has 1 aliphatic carbocycles. The van der Waals surface area contributed by atoms with Crippen LogP contribution in [0.1, 0.15) is 37.5 Å². The number of fused-ring (bicyclic) bond motifs is 3. The highest BCUT2D eigenvalue weighted by atomic mass is 16.5. The minimum absolute atomic E-state index is 0.0998. The van der Waals surface area contributed by atoms with Crippen LogP contribution in [0.5, 0.6) is 5.75 Å². The summed E-state index contributed by atoms with van der Waals surface area (Å²) < 4.78 is 10.4. The lowest BCUT2D eigenvalue weighted by Gasteiger charge is -2.20. The van der Waals surface area contributed by atoms with Gasteiger partial charge in [-0.3, -0.25) is 4.79 Å². The minimum Gasteiger partial charge on any atom is -0.452 e. The Morgan fingerprint density at radius 3 is 2.38 bits per heavy atom. The normalized spacial score (nSPS) is 11.6. The molecule has 4 heteroatoms. The first-order valence-electron chi connectivity index (χ1n) is 9.64. The van der Waals surface area contributed by atoms with Crippen molar-refractivity contribution in [3.05, 3.63) is 65.2 Å². The highest BCUT2D eigenvalue weighted by Gasteiger charge is 2.17. The molecule has 0 aliphatic heterocycles. The van der Waals surface area contributed by atoms with Crippen molar-refractivity contribution in [3.8, 4) is 28.7 Å². The number of hydrogen-bond acceptors (Lipinski definition) is 4. The topological polar surface area (TPSA) is 52.6 Å². The lowest BCUT2D eigenvalue weighted by atomic mass is 9.85. The summed E-state index contributed by atoms with van der Waals surface area (Å²) in [5.74, 6) is 5.70. The average Bonchev–Trinajstić information content (AvgIpc) is 2.70. The van der Waals surface area contributed by atoms with Crippen molar-refractivity contribution in [2.75, 3.05) is 6.61 Å². The summed E-state index contributed by atoms with van der Waals surface area (Å²) in [6.45, 7) is 8.93. The van der Waals surface area contributed by atoms with Crippen molar-refractivity contribution in [1.82, 2.24) is 0 Å². The Labute approximate surface area is 171 Å². The lowest BCUT2D eigenvalue weighted by molar-refractivity contribution is -0.145. The lowest BCUT2D eigenvalue weighted by Crippen LogP contribution is -2.11. The van der Waals surface area contributed by atoms with Gasteiger partial charge in [0, 0.05) is 11.1 Å². The first kappa shape index (κ1) is 20.4. The van der Waals surface area contributed by atoms with Crippen molar-refractivity contribution < 1.29 is 19.1 Å². The summed E-state index contributed by atoms with van der Waals surface area (Å²) in [7, 11) is 0. The van der Waals surface area contributed by atoms with Gasteiger partial charge in [-0.2, -0.15) is 0 Å². The maximum absolute atomic E-state index is 11.7. The fraction of sp³-hybridized carbons (Fsp3) is 0.280. The molecule has 2 aromatic carbocycles. The van der Waals surface area contributed by atoms with E-state index in [0.29, 0.717) is 11.3 Å². The molecule has 0 fully saturated rings. The van der Waals surface area contributed by atoms with Gasteiger partial charge in [0.15, 0.2) is 6.61 Å². The summed E-state index contributed by atoms with van der Waals surface area (Å²) in [5.41, 5.74) is 5.98. The van der Waals surface area contributed by atoms with Crippen LogP contribution in [-0.4, -0.2) is 18.5 Å². The molecule has 0 bridgehead atoms. The third-order valence-electron chi connectivity index (χ3n) is 4.69. The van der Waals surface area contributed by atoms with Gasteiger partial charge in [-0.25, -0.2) is 4.79 Å². The Morgan fingerprint density at radius 1 is 1.07 bits per heavy atom. The number of carbonyl (C=O) groups is 2. The van der Waals surface area contributed by atoms with Crippen molar-refractivity contribution >= 4 is 11.9 Å². The smallest absolute Gasteiger partial charge is 0.338 e. The number of rotatable bonds is 4. The summed E-state index contributed by atoms with van der Waals surface area (Å²) >= 11 is 0. The van der Waals surface area contributed by atoms with Crippen LogP contribution in [0.3, 0.4) is 0 Å². The van der Waals surface area contributed by atoms with Crippen LogP contribution in [-0.2, 0) is 27.2 Å². The molecule has 0 aromatic heterocycles. The quantitative estimate of drug-likeness (QED) is 0.335. The van der Waals surface area contributed by atoms with Gasteiger partial charge in [0.1, 0.15) is 5.75 Å². The van der Waals surface area contributed by atoms with Gasteiger partial charge in [-0.15, -0.1) is 0 Å². The van der Waals surface area contributed by atoms with Crippen molar-refractivity contribution in [2.45, 2.75) is 33.6 Å². The molecular weight excluding hydrogens is 364 g/mol. The van der Waals surface area contributed by atoms with Crippen molar-refractivity contribution in [1.29, 1.82) is 0 Å². The molecule has 0 unspecified atom stereocenters. The van der Waals surface area contributed by atoms with Crippen molar-refractivity contribution in [2.24, 2.45) is 5.92 Å². The molecule has 4 nitrogen and oxygen atoms in total. The van der Waals surface area contributed by atoms with E-state index in [4.69, 9.17) is 9.47 Å². The van der Waals surface area contributed by atoms with E-state index in [2.05, 4.69) is 30.6 Å². The molecule has 0 radical (unpaired) electrons. The predicted octanol–water partition coefficient (Wildman–Crippen LogP) is 4.48. The van der Waals surface area contributed by atoms with Crippen molar-refractivity contribution in [3.63, 3.8) is 0 Å². The van der Waals surface area contributed by atoms with E-state index in [9.17, 15) is 9.59 Å². The summed E-state index contributed by atoms with van der Waals surface area (Å²) in [6.07, 6.45) is 1.75. The third kappa shape index (κ3) is 4.94. The van der Waals surface area contributed by atoms with E-state index in [1.165, 1.54) is 11.1 Å². The van der Waals surface area contributed by atoms with Crippen LogP contribution in [0.4, 0.5) is 0 Å². The first-order chi connectivity index (χ1) is 13.8. The second-order valence-corrected chi connectivity index (χ2v) is 7.42. The Kier molecular flexibility index (Phi) is 6.19. The van der Waals surface area contributed by atoms with Crippen LogP contribution < -0.4 is 4.74 Å². The number of benzene rings is 2. The maximum Gasteiger partial charge on any atom is 0.338 e. The van der Waals surface area contributed by atoms with Gasteiger partial charge in [-0.05, 0) is 66.3 Å². The van der Waals surface area contributed by atoms with Crippen LogP contribution in [0.25, 0.3) is 11.1 Å². The zero-order valence-corrected chi connectivity index (χ0v) is 17.0. The van der Waals surface area contributed by atoms with Crippen LogP contribution in [0.15, 0.2) is 48.6 Å². The number of ether oxygens (including phenoxy) is 2. The Morgan fingerprint density at radius 2 is 1.72 bits per heavy atom. The molecule has 0 saturated heterocycles. The molecule has 0 heterocycles. The number of hydrogen-bond donors (Lipinski definition) is 0. The van der Waals surface area contributed by atoms with E-state index in [-0.39, 0.29) is 18.5 Å². The van der Waals surface area contributed by atoms with Gasteiger partial charge < -0.3 is 9.47 Å². The molecule has 0 atom stereocenters. The zero-order chi connectivity index (χ0) is 21.0. The SMILES string of the molecule is C=C(C)C(=O)Oc1ccc2c(c1)CCc1cc(C#CCOC(=O)C(C)C)ccc1-2. The molecule has 3 rings (SSSR count). The molecule has 0 saturated carbocycles. The summed E-state index contributed by atoms with van der Waals surface area (Å²) in [5, 5.41) is 0. The number of esters is 2. The van der Waals surface area contributed by atoms with Gasteiger partial charge in [0.25, 0.3) is 0 Å². The van der Waals surface area contributed by atoms with Gasteiger partial charge >= 0.3 is 11.9 Å². The molecule has 1 aliphatic rings. The number of aryl methyl sites for hydroxylation is 2. The maximum atomic E-state index is 11.7. The van der Waals surface area contributed by atoms with Crippen LogP contribution in [0, 0.1) is 17.8 Å². The Balaban J connectivity index is 1.75. The molecule has 2 aromatic rings. The second kappa shape index (κ2) is 8.79. The summed E-state index contributed by atoms with van der Waals surface area (Å²) in [4.78, 5) is 23.2. The monoisotopic (exact) mass is 388 g/mol. The van der Waals surface area contributed by atoms with Gasteiger partial charge in [0.05, 0.1) is 5.92 Å². The first-order valence-corrected chi connectivity index (χ1v) is 9.64. The largest absolute Gasteiger partial charge is 0.452 e. The van der Waals surface area contributed by atoms with E-state index in [1.54, 1.807) is 20.8 Å². The van der Waals surface area contributed by atoms with Crippen LogP contribution in [0.2, 0.25) is 0 Å². The highest BCUT2D eigenvalue weighted by molar-refractivity contribution is 5.89. The molecular formula is C25H24O4. The van der Waals surface area contributed by atoms with E-state index >= 15 is 0 Å². The fourth-order valence-corrected chi connectivity index (χ4v) is 3.12. The fourth-order valence-electron chi connectivity index (χ4n) is 3.12. The Bertz CT molecular complexity index is 1030. The van der Waals surface area contributed by atoms with E-state index in [0.717, 1.165) is 29.5 Å². The van der Waals surface area contributed by atoms with E-state index < -0.39 is 5.97 Å².